The fraction of sp³-hybridized carbons (Fsp3) is 0.500. The third-order valence-corrected chi connectivity index (χ3v) is 3.12. The first-order valence-corrected chi connectivity index (χ1v) is 6.48. The first-order chi connectivity index (χ1) is 9.01. The van der Waals surface area contributed by atoms with Gasteiger partial charge in [-0.1, -0.05) is 12.1 Å². The van der Waals surface area contributed by atoms with E-state index in [0.717, 1.165) is 23.4 Å². The van der Waals surface area contributed by atoms with Crippen molar-refractivity contribution in [3.63, 3.8) is 0 Å². The number of hydrogen-bond donors (Lipinski definition) is 1. The van der Waals surface area contributed by atoms with E-state index < -0.39 is 6.10 Å². The maximum Gasteiger partial charge on any atom is 0.232 e. The summed E-state index contributed by atoms with van der Waals surface area (Å²) in [4.78, 5) is 8.71. The predicted octanol–water partition coefficient (Wildman–Crippen LogP) is 2.62. The molecule has 5 heteroatoms. The molecule has 0 saturated carbocycles. The van der Waals surface area contributed by atoms with E-state index in [2.05, 4.69) is 15.1 Å². The van der Waals surface area contributed by atoms with Crippen molar-refractivity contribution in [2.24, 2.45) is 0 Å². The number of rotatable bonds is 4. The van der Waals surface area contributed by atoms with Gasteiger partial charge in [0.1, 0.15) is 0 Å². The molecule has 2 rings (SSSR count). The van der Waals surface area contributed by atoms with Crippen LogP contribution in [0.3, 0.4) is 0 Å². The third-order valence-electron chi connectivity index (χ3n) is 3.12. The van der Waals surface area contributed by atoms with Crippen LogP contribution in [0.2, 0.25) is 0 Å². The highest BCUT2D eigenvalue weighted by Gasteiger charge is 2.22. The van der Waals surface area contributed by atoms with E-state index in [4.69, 9.17) is 4.52 Å². The van der Waals surface area contributed by atoms with Gasteiger partial charge in [0, 0.05) is 17.0 Å². The first kappa shape index (κ1) is 13.7. The molecule has 19 heavy (non-hydrogen) atoms. The third kappa shape index (κ3) is 2.98. The van der Waals surface area contributed by atoms with Gasteiger partial charge in [-0.05, 0) is 39.3 Å². The second-order valence-electron chi connectivity index (χ2n) is 4.85. The molecule has 0 aliphatic carbocycles. The number of aliphatic hydroxyl groups excluding tert-OH is 1. The van der Waals surface area contributed by atoms with Crippen molar-refractivity contribution in [2.75, 3.05) is 0 Å². The number of aliphatic hydroxyl groups is 1. The van der Waals surface area contributed by atoms with Crippen molar-refractivity contribution in [1.82, 2.24) is 15.1 Å². The Morgan fingerprint density at radius 1 is 1.21 bits per heavy atom. The molecule has 1 N–H and O–H groups in total. The molecule has 2 aromatic heterocycles. The number of aryl methyl sites for hydroxylation is 2. The van der Waals surface area contributed by atoms with Gasteiger partial charge < -0.3 is 9.63 Å². The van der Waals surface area contributed by atoms with E-state index in [0.29, 0.717) is 11.7 Å². The summed E-state index contributed by atoms with van der Waals surface area (Å²) in [6.45, 7) is 7.59. The SMILES string of the molecule is CCC(c1nc(-c2cc(C)nc(C)c2)no1)C(C)O. The van der Waals surface area contributed by atoms with Crippen LogP contribution in [0.25, 0.3) is 11.4 Å². The van der Waals surface area contributed by atoms with Gasteiger partial charge in [-0.15, -0.1) is 0 Å². The average Bonchev–Trinajstić information content (AvgIpc) is 2.77. The van der Waals surface area contributed by atoms with Crippen molar-refractivity contribution in [1.29, 1.82) is 0 Å². The number of pyridine rings is 1. The molecule has 0 fully saturated rings. The van der Waals surface area contributed by atoms with Gasteiger partial charge >= 0.3 is 0 Å². The average molecular weight is 261 g/mol. The maximum absolute atomic E-state index is 9.70. The van der Waals surface area contributed by atoms with E-state index >= 15 is 0 Å². The lowest BCUT2D eigenvalue weighted by Gasteiger charge is -2.12. The summed E-state index contributed by atoms with van der Waals surface area (Å²) in [7, 11) is 0. The summed E-state index contributed by atoms with van der Waals surface area (Å²) in [6, 6.07) is 3.84. The Kier molecular flexibility index (Phi) is 3.95. The Hall–Kier alpha value is -1.75. The van der Waals surface area contributed by atoms with Crippen LogP contribution in [-0.4, -0.2) is 26.3 Å². The summed E-state index contributed by atoms with van der Waals surface area (Å²) < 4.78 is 5.27. The summed E-state index contributed by atoms with van der Waals surface area (Å²) in [5.74, 6) is 0.910. The Bertz CT molecular complexity index is 543. The molecule has 5 nitrogen and oxygen atoms in total. The minimum absolute atomic E-state index is 0.120. The molecule has 2 heterocycles. The lowest BCUT2D eigenvalue weighted by molar-refractivity contribution is 0.141. The highest BCUT2D eigenvalue weighted by Crippen LogP contribution is 2.25. The van der Waals surface area contributed by atoms with Crippen LogP contribution in [0.5, 0.6) is 0 Å². The fourth-order valence-electron chi connectivity index (χ4n) is 2.19. The highest BCUT2D eigenvalue weighted by molar-refractivity contribution is 5.55. The standard InChI is InChI=1S/C14H19N3O2/c1-5-12(10(4)18)14-16-13(17-19-14)11-6-8(2)15-9(3)7-11/h6-7,10,12,18H,5H2,1-4H3. The molecule has 2 aromatic rings. The van der Waals surface area contributed by atoms with Crippen molar-refractivity contribution in [3.05, 3.63) is 29.4 Å². The lowest BCUT2D eigenvalue weighted by Crippen LogP contribution is -2.14. The largest absolute Gasteiger partial charge is 0.393 e. The minimum Gasteiger partial charge on any atom is -0.393 e. The smallest absolute Gasteiger partial charge is 0.232 e. The fourth-order valence-corrected chi connectivity index (χ4v) is 2.19. The molecular weight excluding hydrogens is 242 g/mol. The van der Waals surface area contributed by atoms with Crippen molar-refractivity contribution in [2.45, 2.75) is 46.1 Å². The Morgan fingerprint density at radius 2 is 1.84 bits per heavy atom. The van der Waals surface area contributed by atoms with Gasteiger partial charge in [-0.2, -0.15) is 4.98 Å². The van der Waals surface area contributed by atoms with Gasteiger partial charge in [0.05, 0.1) is 12.0 Å². The zero-order chi connectivity index (χ0) is 14.0. The van der Waals surface area contributed by atoms with Gasteiger partial charge in [0.25, 0.3) is 0 Å². The van der Waals surface area contributed by atoms with E-state index in [-0.39, 0.29) is 5.92 Å². The molecule has 0 aliphatic heterocycles. The van der Waals surface area contributed by atoms with E-state index in [1.54, 1.807) is 6.92 Å². The Balaban J connectivity index is 2.35. The number of hydrogen-bond acceptors (Lipinski definition) is 5. The van der Waals surface area contributed by atoms with Crippen LogP contribution in [0.1, 0.15) is 43.5 Å². The molecule has 0 spiro atoms. The number of nitrogens with zero attached hydrogens (tertiary/aromatic N) is 3. The zero-order valence-corrected chi connectivity index (χ0v) is 11.7. The summed E-state index contributed by atoms with van der Waals surface area (Å²) in [5, 5.41) is 13.7. The summed E-state index contributed by atoms with van der Waals surface area (Å²) in [6.07, 6.45) is 0.257. The monoisotopic (exact) mass is 261 g/mol. The summed E-state index contributed by atoms with van der Waals surface area (Å²) >= 11 is 0. The second kappa shape index (κ2) is 5.48. The predicted molar refractivity (Wildman–Crippen MR) is 71.7 cm³/mol. The second-order valence-corrected chi connectivity index (χ2v) is 4.85. The molecular formula is C14H19N3O2. The van der Waals surface area contributed by atoms with Crippen LogP contribution >= 0.6 is 0 Å². The lowest BCUT2D eigenvalue weighted by atomic mass is 10.0. The van der Waals surface area contributed by atoms with Crippen LogP contribution in [0, 0.1) is 13.8 Å². The number of aromatic nitrogens is 3. The van der Waals surface area contributed by atoms with Gasteiger partial charge in [0.2, 0.25) is 11.7 Å². The van der Waals surface area contributed by atoms with Crippen LogP contribution in [-0.2, 0) is 0 Å². The molecule has 2 unspecified atom stereocenters. The Morgan fingerprint density at radius 3 is 2.37 bits per heavy atom. The molecule has 102 valence electrons. The molecule has 0 aromatic carbocycles. The normalized spacial score (nSPS) is 14.4. The quantitative estimate of drug-likeness (QED) is 0.916. The Labute approximate surface area is 112 Å². The molecule has 0 radical (unpaired) electrons. The van der Waals surface area contributed by atoms with Crippen molar-refractivity contribution < 1.29 is 9.63 Å². The summed E-state index contributed by atoms with van der Waals surface area (Å²) in [5.41, 5.74) is 2.73. The van der Waals surface area contributed by atoms with Crippen molar-refractivity contribution >= 4 is 0 Å². The van der Waals surface area contributed by atoms with Gasteiger partial charge in [-0.25, -0.2) is 0 Å². The molecule has 2 atom stereocenters. The van der Waals surface area contributed by atoms with Gasteiger partial charge in [0.15, 0.2) is 0 Å². The topological polar surface area (TPSA) is 72.0 Å². The minimum atomic E-state index is -0.501. The molecule has 0 amide bonds. The van der Waals surface area contributed by atoms with E-state index in [1.807, 2.05) is 32.9 Å². The van der Waals surface area contributed by atoms with Crippen molar-refractivity contribution in [3.8, 4) is 11.4 Å². The van der Waals surface area contributed by atoms with E-state index in [9.17, 15) is 5.11 Å². The van der Waals surface area contributed by atoms with E-state index in [1.165, 1.54) is 0 Å². The molecule has 0 bridgehead atoms. The van der Waals surface area contributed by atoms with Crippen LogP contribution in [0.15, 0.2) is 16.7 Å². The molecule has 0 saturated heterocycles. The molecule has 0 aliphatic rings. The highest BCUT2D eigenvalue weighted by atomic mass is 16.5. The van der Waals surface area contributed by atoms with Crippen LogP contribution in [0.4, 0.5) is 0 Å². The maximum atomic E-state index is 9.70. The zero-order valence-electron chi connectivity index (χ0n) is 11.7. The van der Waals surface area contributed by atoms with Crippen LogP contribution < -0.4 is 0 Å². The van der Waals surface area contributed by atoms with Gasteiger partial charge in [-0.3, -0.25) is 4.98 Å². The first-order valence-electron chi connectivity index (χ1n) is 6.48.